The Labute approximate surface area is 67.8 Å². The lowest BCUT2D eigenvalue weighted by atomic mass is 10.2. The smallest absolute Gasteiger partial charge is 0.335 e. The minimum Gasteiger partial charge on any atom is -0.478 e. The van der Waals surface area contributed by atoms with Gasteiger partial charge in [0.05, 0.1) is 5.56 Å². The minimum atomic E-state index is -1.13. The van der Waals surface area contributed by atoms with E-state index < -0.39 is 11.5 Å². The number of hydrogen-bond donors (Lipinski definition) is 3. The second kappa shape index (κ2) is 3.19. The fourth-order valence-electron chi connectivity index (χ4n) is 0.834. The van der Waals surface area contributed by atoms with Crippen molar-refractivity contribution in [2.24, 2.45) is 5.73 Å². The number of aromatic nitrogens is 1. The van der Waals surface area contributed by atoms with Gasteiger partial charge in [-0.05, 0) is 6.07 Å². The predicted molar refractivity (Wildman–Crippen MR) is 41.9 cm³/mol. The monoisotopic (exact) mass is 168 g/mol. The summed E-state index contributed by atoms with van der Waals surface area (Å²) in [6, 6.07) is 2.35. The standard InChI is InChI=1S/C7H8N2O3/c8-3-5-1-4(7(11)12)2-6(10)9-5/h1-2H,3,8H2,(H,9,10)(H,11,12). The fraction of sp³-hybridized carbons (Fsp3) is 0.143. The zero-order chi connectivity index (χ0) is 9.14. The molecule has 0 saturated heterocycles. The number of aromatic carboxylic acids is 1. The highest BCUT2D eigenvalue weighted by atomic mass is 16.4. The number of rotatable bonds is 2. The summed E-state index contributed by atoms with van der Waals surface area (Å²) in [7, 11) is 0. The largest absolute Gasteiger partial charge is 0.478 e. The molecular formula is C7H8N2O3. The lowest BCUT2D eigenvalue weighted by molar-refractivity contribution is 0.0696. The van der Waals surface area contributed by atoms with Crippen LogP contribution in [0.15, 0.2) is 16.9 Å². The number of carbonyl (C=O) groups is 1. The first kappa shape index (κ1) is 8.48. The molecular weight excluding hydrogens is 160 g/mol. The van der Waals surface area contributed by atoms with Crippen molar-refractivity contribution in [1.82, 2.24) is 4.98 Å². The SMILES string of the molecule is NCc1cc(C(=O)O)cc(=O)[nH]1. The van der Waals surface area contributed by atoms with Gasteiger partial charge in [0, 0.05) is 18.3 Å². The normalized spacial score (nSPS) is 9.75. The Morgan fingerprint density at radius 2 is 2.25 bits per heavy atom. The van der Waals surface area contributed by atoms with Crippen molar-refractivity contribution in [1.29, 1.82) is 0 Å². The van der Waals surface area contributed by atoms with Crippen LogP contribution in [-0.4, -0.2) is 16.1 Å². The maximum Gasteiger partial charge on any atom is 0.335 e. The van der Waals surface area contributed by atoms with Crippen molar-refractivity contribution >= 4 is 5.97 Å². The van der Waals surface area contributed by atoms with Gasteiger partial charge < -0.3 is 15.8 Å². The highest BCUT2D eigenvalue weighted by Crippen LogP contribution is 1.97. The number of carboxylic acid groups (broad SMARTS) is 1. The molecule has 0 radical (unpaired) electrons. The van der Waals surface area contributed by atoms with Crippen LogP contribution in [0, 0.1) is 0 Å². The van der Waals surface area contributed by atoms with Gasteiger partial charge in [-0.3, -0.25) is 4.79 Å². The molecule has 0 bridgehead atoms. The molecule has 5 nitrogen and oxygen atoms in total. The second-order valence-corrected chi connectivity index (χ2v) is 2.27. The number of pyridine rings is 1. The molecule has 0 saturated carbocycles. The van der Waals surface area contributed by atoms with Crippen molar-refractivity contribution in [2.75, 3.05) is 0 Å². The van der Waals surface area contributed by atoms with Crippen LogP contribution >= 0.6 is 0 Å². The molecule has 0 atom stereocenters. The molecule has 0 amide bonds. The van der Waals surface area contributed by atoms with Gasteiger partial charge in [0.2, 0.25) is 5.56 Å². The van der Waals surface area contributed by atoms with Crippen molar-refractivity contribution in [3.05, 3.63) is 33.7 Å². The van der Waals surface area contributed by atoms with E-state index in [1.807, 2.05) is 0 Å². The van der Waals surface area contributed by atoms with E-state index in [4.69, 9.17) is 10.8 Å². The number of carboxylic acids is 1. The average Bonchev–Trinajstić information content (AvgIpc) is 2.03. The lowest BCUT2D eigenvalue weighted by Crippen LogP contribution is -2.14. The Kier molecular flexibility index (Phi) is 2.25. The quantitative estimate of drug-likeness (QED) is 0.556. The number of nitrogens with one attached hydrogen (secondary N) is 1. The van der Waals surface area contributed by atoms with E-state index in [1.165, 1.54) is 6.07 Å². The van der Waals surface area contributed by atoms with Gasteiger partial charge in [-0.2, -0.15) is 0 Å². The Balaban J connectivity index is 3.24. The number of aromatic amines is 1. The molecule has 1 aromatic rings. The number of hydrogen-bond acceptors (Lipinski definition) is 3. The van der Waals surface area contributed by atoms with E-state index in [9.17, 15) is 9.59 Å². The van der Waals surface area contributed by atoms with E-state index in [1.54, 1.807) is 0 Å². The summed E-state index contributed by atoms with van der Waals surface area (Å²) in [5.74, 6) is -1.13. The summed E-state index contributed by atoms with van der Waals surface area (Å²) >= 11 is 0. The van der Waals surface area contributed by atoms with Gasteiger partial charge in [-0.15, -0.1) is 0 Å². The molecule has 0 unspecified atom stereocenters. The predicted octanol–water partition coefficient (Wildman–Crippen LogP) is -0.468. The van der Waals surface area contributed by atoms with Crippen LogP contribution in [0.3, 0.4) is 0 Å². The van der Waals surface area contributed by atoms with E-state index >= 15 is 0 Å². The second-order valence-electron chi connectivity index (χ2n) is 2.27. The fourth-order valence-corrected chi connectivity index (χ4v) is 0.834. The molecule has 5 heteroatoms. The summed E-state index contributed by atoms with van der Waals surface area (Å²) in [6.45, 7) is 0.121. The summed E-state index contributed by atoms with van der Waals surface area (Å²) in [5.41, 5.74) is 5.15. The molecule has 64 valence electrons. The van der Waals surface area contributed by atoms with E-state index in [0.29, 0.717) is 5.69 Å². The van der Waals surface area contributed by atoms with E-state index in [0.717, 1.165) is 6.07 Å². The Morgan fingerprint density at radius 3 is 2.75 bits per heavy atom. The van der Waals surface area contributed by atoms with Crippen LogP contribution in [0.25, 0.3) is 0 Å². The van der Waals surface area contributed by atoms with Crippen LogP contribution in [0.5, 0.6) is 0 Å². The Hall–Kier alpha value is -1.62. The van der Waals surface area contributed by atoms with Gasteiger partial charge in [-0.25, -0.2) is 4.79 Å². The van der Waals surface area contributed by atoms with E-state index in [-0.39, 0.29) is 12.1 Å². The summed E-state index contributed by atoms with van der Waals surface area (Å²) in [5, 5.41) is 8.54. The van der Waals surface area contributed by atoms with Crippen molar-refractivity contribution < 1.29 is 9.90 Å². The van der Waals surface area contributed by atoms with Crippen molar-refractivity contribution in [2.45, 2.75) is 6.54 Å². The first-order valence-corrected chi connectivity index (χ1v) is 3.30. The third-order valence-corrected chi connectivity index (χ3v) is 1.37. The van der Waals surface area contributed by atoms with Crippen LogP contribution in [0.1, 0.15) is 16.1 Å². The molecule has 12 heavy (non-hydrogen) atoms. The van der Waals surface area contributed by atoms with Gasteiger partial charge in [0.1, 0.15) is 0 Å². The van der Waals surface area contributed by atoms with Gasteiger partial charge in [-0.1, -0.05) is 0 Å². The summed E-state index contributed by atoms with van der Waals surface area (Å²) in [6.07, 6.45) is 0. The number of H-pyrrole nitrogens is 1. The minimum absolute atomic E-state index is 0.0424. The lowest BCUT2D eigenvalue weighted by Gasteiger charge is -1.97. The van der Waals surface area contributed by atoms with Crippen molar-refractivity contribution in [3.8, 4) is 0 Å². The average molecular weight is 168 g/mol. The van der Waals surface area contributed by atoms with Crippen LogP contribution < -0.4 is 11.3 Å². The maximum absolute atomic E-state index is 10.8. The molecule has 0 fully saturated rings. The zero-order valence-electron chi connectivity index (χ0n) is 6.20. The first-order valence-electron chi connectivity index (χ1n) is 3.30. The van der Waals surface area contributed by atoms with Crippen LogP contribution in [-0.2, 0) is 6.54 Å². The van der Waals surface area contributed by atoms with Crippen LogP contribution in [0.4, 0.5) is 0 Å². The molecule has 1 aromatic heterocycles. The van der Waals surface area contributed by atoms with E-state index in [2.05, 4.69) is 4.98 Å². The highest BCUT2D eigenvalue weighted by molar-refractivity contribution is 5.87. The molecule has 1 rings (SSSR count). The highest BCUT2D eigenvalue weighted by Gasteiger charge is 2.04. The molecule has 0 aromatic carbocycles. The third kappa shape index (κ3) is 1.70. The molecule has 0 aliphatic carbocycles. The Bertz CT molecular complexity index is 356. The summed E-state index contributed by atoms with van der Waals surface area (Å²) < 4.78 is 0. The van der Waals surface area contributed by atoms with Gasteiger partial charge in [0.15, 0.2) is 0 Å². The van der Waals surface area contributed by atoms with Gasteiger partial charge >= 0.3 is 5.97 Å². The Morgan fingerprint density at radius 1 is 1.58 bits per heavy atom. The topological polar surface area (TPSA) is 96.2 Å². The maximum atomic E-state index is 10.8. The van der Waals surface area contributed by atoms with Crippen molar-refractivity contribution in [3.63, 3.8) is 0 Å². The third-order valence-electron chi connectivity index (χ3n) is 1.37. The van der Waals surface area contributed by atoms with Gasteiger partial charge in [0.25, 0.3) is 0 Å². The van der Waals surface area contributed by atoms with Crippen LogP contribution in [0.2, 0.25) is 0 Å². The number of nitrogens with two attached hydrogens (primary N) is 1. The molecule has 1 heterocycles. The first-order chi connectivity index (χ1) is 5.63. The molecule has 4 N–H and O–H groups in total. The summed E-state index contributed by atoms with van der Waals surface area (Å²) in [4.78, 5) is 23.6. The molecule has 0 spiro atoms. The molecule has 0 aliphatic rings. The molecule has 0 aliphatic heterocycles. The zero-order valence-corrected chi connectivity index (χ0v) is 6.20.